The molecule has 2 saturated carbocycles. The van der Waals surface area contributed by atoms with Crippen molar-refractivity contribution in [2.45, 2.75) is 64.7 Å². The molecule has 0 amide bonds. The minimum absolute atomic E-state index is 0.107. The number of fused-ring (bicyclic) bond motifs is 1. The SMILES string of the molecule is Cc1cc(F)c2c(c1-c1c(OCc3ccccc3)cc(CC3CC3)cc1OCc1ccccc1)CCN2C1CC1. The van der Waals surface area contributed by atoms with Crippen molar-refractivity contribution < 1.29 is 13.9 Å². The summed E-state index contributed by atoms with van der Waals surface area (Å²) in [5.41, 5.74) is 8.32. The largest absolute Gasteiger partial charge is 0.488 e. The number of halogens is 1. The molecule has 0 unspecified atom stereocenters. The van der Waals surface area contributed by atoms with E-state index in [-0.39, 0.29) is 5.82 Å². The van der Waals surface area contributed by atoms with Crippen LogP contribution in [0.1, 0.15) is 53.5 Å². The molecule has 2 aliphatic carbocycles. The second-order valence-corrected chi connectivity index (χ2v) is 11.7. The van der Waals surface area contributed by atoms with Crippen molar-refractivity contribution in [1.82, 2.24) is 0 Å². The Balaban J connectivity index is 1.37. The third-order valence-corrected chi connectivity index (χ3v) is 8.50. The fourth-order valence-electron chi connectivity index (χ4n) is 6.19. The van der Waals surface area contributed by atoms with E-state index < -0.39 is 0 Å². The van der Waals surface area contributed by atoms with Crippen LogP contribution < -0.4 is 14.4 Å². The van der Waals surface area contributed by atoms with Crippen molar-refractivity contribution in [2.75, 3.05) is 11.4 Å². The molecule has 7 rings (SSSR count). The van der Waals surface area contributed by atoms with Gasteiger partial charge in [-0.2, -0.15) is 0 Å². The second kappa shape index (κ2) is 10.6. The van der Waals surface area contributed by atoms with Crippen LogP contribution in [-0.4, -0.2) is 12.6 Å². The van der Waals surface area contributed by atoms with Crippen LogP contribution in [-0.2, 0) is 26.1 Å². The lowest BCUT2D eigenvalue weighted by molar-refractivity contribution is 0.292. The van der Waals surface area contributed by atoms with Crippen LogP contribution in [0.3, 0.4) is 0 Å². The molecule has 3 aliphatic rings. The molecule has 4 aromatic carbocycles. The van der Waals surface area contributed by atoms with Crippen molar-refractivity contribution in [2.24, 2.45) is 5.92 Å². The highest BCUT2D eigenvalue weighted by atomic mass is 19.1. The minimum Gasteiger partial charge on any atom is -0.488 e. The zero-order valence-electron chi connectivity index (χ0n) is 23.2. The average molecular weight is 534 g/mol. The Bertz CT molecular complexity index is 1440. The van der Waals surface area contributed by atoms with Gasteiger partial charge in [-0.25, -0.2) is 4.39 Å². The van der Waals surface area contributed by atoms with E-state index in [4.69, 9.17) is 9.47 Å². The topological polar surface area (TPSA) is 21.7 Å². The first kappa shape index (κ1) is 25.2. The standard InChI is InChI=1S/C36H36FNO2/c1-24-18-31(37)36-30(16-17-38(36)29-14-15-29)34(24)35-32(39-22-26-8-4-2-5-9-26)20-28(19-25-12-13-25)21-33(35)40-23-27-10-6-3-7-11-27/h2-11,18,20-21,25,29H,12-17,19,22-23H2,1H3. The molecule has 40 heavy (non-hydrogen) atoms. The molecule has 0 N–H and O–H groups in total. The highest BCUT2D eigenvalue weighted by Crippen LogP contribution is 2.50. The molecule has 3 nitrogen and oxygen atoms in total. The van der Waals surface area contributed by atoms with Gasteiger partial charge in [0.05, 0.1) is 11.3 Å². The van der Waals surface area contributed by atoms with Gasteiger partial charge < -0.3 is 14.4 Å². The van der Waals surface area contributed by atoms with Gasteiger partial charge in [-0.3, -0.25) is 0 Å². The van der Waals surface area contributed by atoms with Crippen molar-refractivity contribution >= 4 is 5.69 Å². The first-order chi connectivity index (χ1) is 19.6. The lowest BCUT2D eigenvalue weighted by Gasteiger charge is -2.24. The predicted octanol–water partition coefficient (Wildman–Crippen LogP) is 8.44. The predicted molar refractivity (Wildman–Crippen MR) is 159 cm³/mol. The number of benzene rings is 4. The van der Waals surface area contributed by atoms with Gasteiger partial charge in [-0.15, -0.1) is 0 Å². The van der Waals surface area contributed by atoms with Gasteiger partial charge in [0.15, 0.2) is 0 Å². The summed E-state index contributed by atoms with van der Waals surface area (Å²) < 4.78 is 28.9. The first-order valence-electron chi connectivity index (χ1n) is 14.7. The van der Waals surface area contributed by atoms with Crippen molar-refractivity contribution in [1.29, 1.82) is 0 Å². The molecular formula is C36H36FNO2. The quantitative estimate of drug-likeness (QED) is 0.204. The lowest BCUT2D eigenvalue weighted by atomic mass is 9.90. The molecule has 1 heterocycles. The van der Waals surface area contributed by atoms with E-state index in [0.717, 1.165) is 88.7 Å². The van der Waals surface area contributed by atoms with Crippen LogP contribution in [0.2, 0.25) is 0 Å². The lowest BCUT2D eigenvalue weighted by Crippen LogP contribution is -2.23. The number of anilines is 1. The monoisotopic (exact) mass is 533 g/mol. The molecular weight excluding hydrogens is 497 g/mol. The summed E-state index contributed by atoms with van der Waals surface area (Å²) >= 11 is 0. The Morgan fingerprint density at radius 2 is 1.35 bits per heavy atom. The molecule has 0 aromatic heterocycles. The van der Waals surface area contributed by atoms with Gasteiger partial charge in [0.1, 0.15) is 30.5 Å². The number of ether oxygens (including phenoxy) is 2. The van der Waals surface area contributed by atoms with Gasteiger partial charge >= 0.3 is 0 Å². The maximum Gasteiger partial charge on any atom is 0.147 e. The number of rotatable bonds is 10. The number of hydrogen-bond acceptors (Lipinski definition) is 3. The number of hydrogen-bond donors (Lipinski definition) is 0. The molecule has 204 valence electrons. The smallest absolute Gasteiger partial charge is 0.147 e. The van der Waals surface area contributed by atoms with Crippen molar-refractivity contribution in [3.05, 3.63) is 112 Å². The fraction of sp³-hybridized carbons (Fsp3) is 0.333. The van der Waals surface area contributed by atoms with Crippen molar-refractivity contribution in [3.8, 4) is 22.6 Å². The van der Waals surface area contributed by atoms with Gasteiger partial charge in [0.2, 0.25) is 0 Å². The summed E-state index contributed by atoms with van der Waals surface area (Å²) in [4.78, 5) is 2.30. The molecule has 2 fully saturated rings. The molecule has 0 bridgehead atoms. The van der Waals surface area contributed by atoms with Gasteiger partial charge in [-0.05, 0) is 103 Å². The summed E-state index contributed by atoms with van der Waals surface area (Å²) in [5, 5.41) is 0. The van der Waals surface area contributed by atoms with Crippen LogP contribution >= 0.6 is 0 Å². The summed E-state index contributed by atoms with van der Waals surface area (Å²) in [6, 6.07) is 27.2. The number of aryl methyl sites for hydroxylation is 1. The molecule has 4 heteroatoms. The summed E-state index contributed by atoms with van der Waals surface area (Å²) in [5.74, 6) is 2.28. The third kappa shape index (κ3) is 5.20. The maximum atomic E-state index is 15.5. The molecule has 0 spiro atoms. The van der Waals surface area contributed by atoms with E-state index in [0.29, 0.717) is 19.3 Å². The molecule has 4 aromatic rings. The Kier molecular flexibility index (Phi) is 6.71. The van der Waals surface area contributed by atoms with Crippen molar-refractivity contribution in [3.63, 3.8) is 0 Å². The van der Waals surface area contributed by atoms with Crippen LogP contribution in [0, 0.1) is 18.7 Å². The van der Waals surface area contributed by atoms with Crippen LogP contribution in [0.5, 0.6) is 11.5 Å². The van der Waals surface area contributed by atoms with E-state index in [1.165, 1.54) is 18.4 Å². The number of nitrogens with zero attached hydrogens (tertiary/aromatic N) is 1. The van der Waals surface area contributed by atoms with E-state index in [1.54, 1.807) is 6.07 Å². The fourth-order valence-corrected chi connectivity index (χ4v) is 6.19. The van der Waals surface area contributed by atoms with Gasteiger partial charge in [0.25, 0.3) is 0 Å². The van der Waals surface area contributed by atoms with E-state index >= 15 is 4.39 Å². The third-order valence-electron chi connectivity index (χ3n) is 8.50. The highest BCUT2D eigenvalue weighted by Gasteiger charge is 2.38. The summed E-state index contributed by atoms with van der Waals surface area (Å²) in [6.45, 7) is 3.83. The Morgan fingerprint density at radius 1 is 0.750 bits per heavy atom. The van der Waals surface area contributed by atoms with Gasteiger partial charge in [-0.1, -0.05) is 60.7 Å². The van der Waals surface area contributed by atoms with E-state index in [1.807, 2.05) is 43.3 Å². The first-order valence-corrected chi connectivity index (χ1v) is 14.7. The zero-order valence-corrected chi connectivity index (χ0v) is 23.2. The molecule has 1 aliphatic heterocycles. The normalized spacial score (nSPS) is 16.2. The molecule has 0 radical (unpaired) electrons. The molecule has 0 saturated heterocycles. The average Bonchev–Trinajstić information content (AvgIpc) is 3.92. The summed E-state index contributed by atoms with van der Waals surface area (Å²) in [6.07, 6.45) is 6.72. The Hall–Kier alpha value is -3.79. The van der Waals surface area contributed by atoms with Crippen LogP contribution in [0.4, 0.5) is 10.1 Å². The zero-order chi connectivity index (χ0) is 27.1. The second-order valence-electron chi connectivity index (χ2n) is 11.7. The van der Waals surface area contributed by atoms with E-state index in [2.05, 4.69) is 41.3 Å². The maximum absolute atomic E-state index is 15.5. The van der Waals surface area contributed by atoms with Gasteiger partial charge in [0, 0.05) is 12.6 Å². The highest BCUT2D eigenvalue weighted by molar-refractivity contribution is 5.87. The summed E-state index contributed by atoms with van der Waals surface area (Å²) in [7, 11) is 0. The van der Waals surface area contributed by atoms with Crippen LogP contribution in [0.15, 0.2) is 78.9 Å². The molecule has 0 atom stereocenters. The van der Waals surface area contributed by atoms with E-state index in [9.17, 15) is 0 Å². The Labute approximate surface area is 236 Å². The minimum atomic E-state index is -0.107. The van der Waals surface area contributed by atoms with Crippen LogP contribution in [0.25, 0.3) is 11.1 Å². The Morgan fingerprint density at radius 3 is 1.90 bits per heavy atom.